The number of rotatable bonds is 7. The number of aliphatic carboxylic acids is 1. The third kappa shape index (κ3) is 5.57. The Balaban J connectivity index is 1.71. The van der Waals surface area contributed by atoms with Crippen LogP contribution < -0.4 is 0 Å². The largest absolute Gasteiger partial charge is 0.480 e. The van der Waals surface area contributed by atoms with Gasteiger partial charge in [0.15, 0.2) is 0 Å². The lowest BCUT2D eigenvalue weighted by atomic mass is 10.0. The fourth-order valence-electron chi connectivity index (χ4n) is 3.48. The summed E-state index contributed by atoms with van der Waals surface area (Å²) >= 11 is 0. The van der Waals surface area contributed by atoms with E-state index >= 15 is 0 Å². The van der Waals surface area contributed by atoms with Crippen LogP contribution in [0.3, 0.4) is 0 Å². The second kappa shape index (κ2) is 8.48. The van der Waals surface area contributed by atoms with Gasteiger partial charge in [0, 0.05) is 26.1 Å². The standard InChI is InChI=1S/C16H28N2O4/c1-17(12-16(20)21)10-14-11-18(8-9-22-14)15(19)7-6-13-4-2-3-5-13/h13-14H,2-12H2,1H3,(H,20,21). The highest BCUT2D eigenvalue weighted by atomic mass is 16.5. The van der Waals surface area contributed by atoms with Gasteiger partial charge in [-0.15, -0.1) is 0 Å². The number of nitrogens with zero attached hydrogens (tertiary/aromatic N) is 2. The topological polar surface area (TPSA) is 70.1 Å². The Bertz CT molecular complexity index is 382. The SMILES string of the molecule is CN(CC(=O)O)CC1CN(C(=O)CCC2CCCC2)CCO1. The second-order valence-corrected chi connectivity index (χ2v) is 6.61. The highest BCUT2D eigenvalue weighted by Crippen LogP contribution is 2.28. The van der Waals surface area contributed by atoms with Crippen LogP contribution in [0.1, 0.15) is 38.5 Å². The molecular weight excluding hydrogens is 284 g/mol. The van der Waals surface area contributed by atoms with E-state index < -0.39 is 5.97 Å². The van der Waals surface area contributed by atoms with Crippen molar-refractivity contribution in [2.75, 3.05) is 39.8 Å². The predicted molar refractivity (Wildman–Crippen MR) is 82.6 cm³/mol. The van der Waals surface area contributed by atoms with Gasteiger partial charge >= 0.3 is 5.97 Å². The first-order valence-corrected chi connectivity index (χ1v) is 8.34. The fourth-order valence-corrected chi connectivity index (χ4v) is 3.48. The monoisotopic (exact) mass is 312 g/mol. The third-order valence-electron chi connectivity index (χ3n) is 4.65. The lowest BCUT2D eigenvalue weighted by molar-refractivity contribution is -0.142. The van der Waals surface area contributed by atoms with Gasteiger partial charge in [-0.1, -0.05) is 25.7 Å². The second-order valence-electron chi connectivity index (χ2n) is 6.61. The molecule has 0 aromatic heterocycles. The molecule has 1 saturated carbocycles. The summed E-state index contributed by atoms with van der Waals surface area (Å²) in [6.45, 7) is 2.31. The van der Waals surface area contributed by atoms with E-state index in [9.17, 15) is 9.59 Å². The number of morpholine rings is 1. The molecule has 22 heavy (non-hydrogen) atoms. The first-order chi connectivity index (χ1) is 10.5. The van der Waals surface area contributed by atoms with Gasteiger partial charge in [0.1, 0.15) is 0 Å². The number of hydrogen-bond donors (Lipinski definition) is 1. The molecule has 1 aliphatic heterocycles. The molecule has 0 bridgehead atoms. The van der Waals surface area contributed by atoms with E-state index in [1.165, 1.54) is 25.7 Å². The van der Waals surface area contributed by atoms with E-state index in [2.05, 4.69) is 0 Å². The van der Waals surface area contributed by atoms with Gasteiger partial charge in [-0.25, -0.2) is 0 Å². The highest BCUT2D eigenvalue weighted by molar-refractivity contribution is 5.76. The molecule has 0 radical (unpaired) electrons. The van der Waals surface area contributed by atoms with E-state index in [0.717, 1.165) is 12.3 Å². The summed E-state index contributed by atoms with van der Waals surface area (Å²) in [5, 5.41) is 8.78. The third-order valence-corrected chi connectivity index (χ3v) is 4.65. The van der Waals surface area contributed by atoms with Gasteiger partial charge in [-0.3, -0.25) is 14.5 Å². The van der Waals surface area contributed by atoms with E-state index in [1.54, 1.807) is 11.9 Å². The molecule has 1 unspecified atom stereocenters. The molecule has 1 N–H and O–H groups in total. The summed E-state index contributed by atoms with van der Waals surface area (Å²) in [5.74, 6) is 0.117. The van der Waals surface area contributed by atoms with Crippen LogP contribution in [0.5, 0.6) is 0 Å². The number of carbonyl (C=O) groups is 2. The van der Waals surface area contributed by atoms with Crippen LogP contribution in [0.4, 0.5) is 0 Å². The number of carboxylic acids is 1. The summed E-state index contributed by atoms with van der Waals surface area (Å²) in [6.07, 6.45) is 6.75. The van der Waals surface area contributed by atoms with Crippen LogP contribution in [0.15, 0.2) is 0 Å². The number of ether oxygens (including phenoxy) is 1. The van der Waals surface area contributed by atoms with Crippen LogP contribution >= 0.6 is 0 Å². The average molecular weight is 312 g/mol. The number of likely N-dealkylation sites (N-methyl/N-ethyl adjacent to an activating group) is 1. The first kappa shape index (κ1) is 17.2. The van der Waals surface area contributed by atoms with Crippen molar-refractivity contribution in [3.63, 3.8) is 0 Å². The number of hydrogen-bond acceptors (Lipinski definition) is 4. The highest BCUT2D eigenvalue weighted by Gasteiger charge is 2.26. The molecule has 2 fully saturated rings. The van der Waals surface area contributed by atoms with Crippen molar-refractivity contribution in [1.29, 1.82) is 0 Å². The van der Waals surface area contributed by atoms with Gasteiger partial charge in [0.2, 0.25) is 5.91 Å². The number of amides is 1. The lowest BCUT2D eigenvalue weighted by Crippen LogP contribution is -2.49. The van der Waals surface area contributed by atoms with E-state index in [4.69, 9.17) is 9.84 Å². The lowest BCUT2D eigenvalue weighted by Gasteiger charge is -2.34. The van der Waals surface area contributed by atoms with E-state index in [-0.39, 0.29) is 18.6 Å². The van der Waals surface area contributed by atoms with Crippen molar-refractivity contribution in [2.24, 2.45) is 5.92 Å². The maximum atomic E-state index is 12.3. The van der Waals surface area contributed by atoms with Crippen LogP contribution in [0.2, 0.25) is 0 Å². The Morgan fingerprint density at radius 1 is 1.32 bits per heavy atom. The van der Waals surface area contributed by atoms with Crippen molar-refractivity contribution in [3.8, 4) is 0 Å². The van der Waals surface area contributed by atoms with Gasteiger partial charge in [-0.2, -0.15) is 0 Å². The van der Waals surface area contributed by atoms with Crippen molar-refractivity contribution in [1.82, 2.24) is 9.80 Å². The van der Waals surface area contributed by atoms with Crippen LogP contribution in [-0.2, 0) is 14.3 Å². The molecule has 6 nitrogen and oxygen atoms in total. The molecule has 0 aromatic carbocycles. The number of carbonyl (C=O) groups excluding carboxylic acids is 1. The molecule has 1 saturated heterocycles. The molecule has 2 aliphatic rings. The molecule has 1 heterocycles. The molecule has 126 valence electrons. The van der Waals surface area contributed by atoms with Crippen LogP contribution in [0.25, 0.3) is 0 Å². The summed E-state index contributed by atoms with van der Waals surface area (Å²) in [6, 6.07) is 0. The molecule has 0 aromatic rings. The minimum Gasteiger partial charge on any atom is -0.480 e. The first-order valence-electron chi connectivity index (χ1n) is 8.34. The molecule has 1 amide bonds. The Morgan fingerprint density at radius 3 is 2.73 bits per heavy atom. The van der Waals surface area contributed by atoms with E-state index in [1.807, 2.05) is 4.90 Å². The van der Waals surface area contributed by atoms with Crippen molar-refractivity contribution >= 4 is 11.9 Å². The van der Waals surface area contributed by atoms with Gasteiger partial charge < -0.3 is 14.7 Å². The zero-order chi connectivity index (χ0) is 15.9. The van der Waals surface area contributed by atoms with E-state index in [0.29, 0.717) is 32.7 Å². The predicted octanol–water partition coefficient (Wildman–Crippen LogP) is 1.20. The summed E-state index contributed by atoms with van der Waals surface area (Å²) < 4.78 is 5.66. The molecular formula is C16H28N2O4. The van der Waals surface area contributed by atoms with Gasteiger partial charge in [-0.05, 0) is 19.4 Å². The molecule has 0 spiro atoms. The Hall–Kier alpha value is -1.14. The maximum absolute atomic E-state index is 12.3. The fraction of sp³-hybridized carbons (Fsp3) is 0.875. The Kier molecular flexibility index (Phi) is 6.64. The van der Waals surface area contributed by atoms with Gasteiger partial charge in [0.25, 0.3) is 0 Å². The van der Waals surface area contributed by atoms with Gasteiger partial charge in [0.05, 0.1) is 19.3 Å². The Morgan fingerprint density at radius 2 is 2.05 bits per heavy atom. The minimum absolute atomic E-state index is 0.00448. The molecule has 1 aliphatic carbocycles. The zero-order valence-electron chi connectivity index (χ0n) is 13.5. The zero-order valence-corrected chi connectivity index (χ0v) is 13.5. The molecule has 1 atom stereocenters. The minimum atomic E-state index is -0.845. The van der Waals surface area contributed by atoms with Crippen LogP contribution in [0, 0.1) is 5.92 Å². The Labute approximate surface area is 132 Å². The maximum Gasteiger partial charge on any atom is 0.317 e. The quantitative estimate of drug-likeness (QED) is 0.765. The number of carboxylic acid groups (broad SMARTS) is 1. The summed E-state index contributed by atoms with van der Waals surface area (Å²) in [5.41, 5.74) is 0. The molecule has 2 rings (SSSR count). The average Bonchev–Trinajstić information content (AvgIpc) is 2.97. The summed E-state index contributed by atoms with van der Waals surface area (Å²) in [7, 11) is 1.76. The normalized spacial score (nSPS) is 23.2. The smallest absolute Gasteiger partial charge is 0.317 e. The van der Waals surface area contributed by atoms with Crippen molar-refractivity contribution in [2.45, 2.75) is 44.6 Å². The summed E-state index contributed by atoms with van der Waals surface area (Å²) in [4.78, 5) is 26.6. The van der Waals surface area contributed by atoms with Crippen molar-refractivity contribution < 1.29 is 19.4 Å². The molecule has 6 heteroatoms. The van der Waals surface area contributed by atoms with Crippen LogP contribution in [-0.4, -0.2) is 72.7 Å². The van der Waals surface area contributed by atoms with Crippen molar-refractivity contribution in [3.05, 3.63) is 0 Å².